The molecule has 2 aromatic carbocycles. The summed E-state index contributed by atoms with van der Waals surface area (Å²) in [7, 11) is 0. The molecule has 0 saturated carbocycles. The van der Waals surface area contributed by atoms with E-state index in [4.69, 9.17) is 11.6 Å². The number of halogens is 1. The highest BCUT2D eigenvalue weighted by Crippen LogP contribution is 2.46. The first-order valence-electron chi connectivity index (χ1n) is 7.38. The van der Waals surface area contributed by atoms with Crippen molar-refractivity contribution in [3.8, 4) is 0 Å². The van der Waals surface area contributed by atoms with E-state index in [1.165, 1.54) is 6.92 Å². The zero-order valence-electron chi connectivity index (χ0n) is 12.6. The predicted molar refractivity (Wildman–Crippen MR) is 88.2 cm³/mol. The molecule has 0 amide bonds. The molecule has 0 saturated heterocycles. The summed E-state index contributed by atoms with van der Waals surface area (Å²) in [5.41, 5.74) is 1.38. The summed E-state index contributed by atoms with van der Waals surface area (Å²) in [4.78, 5) is 35.7. The molecule has 0 aromatic heterocycles. The van der Waals surface area contributed by atoms with Gasteiger partial charge < -0.3 is 4.79 Å². The van der Waals surface area contributed by atoms with E-state index in [0.717, 1.165) is 0 Å². The normalized spacial score (nSPS) is 17.0. The van der Waals surface area contributed by atoms with Crippen molar-refractivity contribution in [3.05, 3.63) is 71.3 Å². The Morgan fingerprint density at radius 1 is 0.957 bits per heavy atom. The molecule has 0 heterocycles. The largest absolute Gasteiger partial charge is 0.300 e. The van der Waals surface area contributed by atoms with Gasteiger partial charge in [-0.25, -0.2) is 0 Å². The van der Waals surface area contributed by atoms with Gasteiger partial charge in [0.2, 0.25) is 0 Å². The van der Waals surface area contributed by atoms with E-state index < -0.39 is 22.4 Å². The molecule has 1 aliphatic rings. The lowest BCUT2D eigenvalue weighted by molar-refractivity contribution is -0.117. The van der Waals surface area contributed by atoms with Crippen molar-refractivity contribution in [1.29, 1.82) is 0 Å². The number of rotatable bonds is 4. The van der Waals surface area contributed by atoms with Gasteiger partial charge in [0, 0.05) is 23.5 Å². The van der Waals surface area contributed by atoms with Crippen LogP contribution in [0.5, 0.6) is 0 Å². The number of benzene rings is 2. The molecular formula is C19H15ClO3. The van der Waals surface area contributed by atoms with Gasteiger partial charge in [0.15, 0.2) is 16.4 Å². The summed E-state index contributed by atoms with van der Waals surface area (Å²) in [5.74, 6) is -1.64. The highest BCUT2D eigenvalue weighted by atomic mass is 35.5. The standard InChI is InChI=1S/C19H15ClO3/c1-12(21)11-16(13-7-3-2-4-8-13)19(20)17(22)14-9-5-6-10-15(14)18(19)23/h2-10,16H,11H2,1H3/t16-/m0/s1. The number of carbonyl (C=O) groups excluding carboxylic acids is 3. The number of alkyl halides is 1. The van der Waals surface area contributed by atoms with Crippen LogP contribution in [0.4, 0.5) is 0 Å². The maximum absolute atomic E-state index is 12.9. The third-order valence-electron chi connectivity index (χ3n) is 4.25. The summed E-state index contributed by atoms with van der Waals surface area (Å²) < 4.78 is 0. The third kappa shape index (κ3) is 2.41. The Morgan fingerprint density at radius 3 is 1.91 bits per heavy atom. The van der Waals surface area contributed by atoms with E-state index in [-0.39, 0.29) is 12.2 Å². The van der Waals surface area contributed by atoms with Gasteiger partial charge in [-0.15, -0.1) is 11.6 Å². The first-order chi connectivity index (χ1) is 11.0. The van der Waals surface area contributed by atoms with Crippen LogP contribution in [0.25, 0.3) is 0 Å². The Kier molecular flexibility index (Phi) is 3.90. The van der Waals surface area contributed by atoms with Gasteiger partial charge in [-0.2, -0.15) is 0 Å². The number of Topliss-reactive ketones (excluding diaryl/α,β-unsaturated/α-hetero) is 3. The molecule has 0 N–H and O–H groups in total. The Labute approximate surface area is 139 Å². The topological polar surface area (TPSA) is 51.2 Å². The summed E-state index contributed by atoms with van der Waals surface area (Å²) in [6, 6.07) is 15.7. The Morgan fingerprint density at radius 2 is 1.43 bits per heavy atom. The van der Waals surface area contributed by atoms with Crippen molar-refractivity contribution in [2.75, 3.05) is 0 Å². The molecule has 3 rings (SSSR count). The number of hydrogen-bond donors (Lipinski definition) is 0. The first kappa shape index (κ1) is 15.6. The number of hydrogen-bond acceptors (Lipinski definition) is 3. The van der Waals surface area contributed by atoms with Crippen molar-refractivity contribution in [2.45, 2.75) is 24.1 Å². The van der Waals surface area contributed by atoms with Crippen LogP contribution in [0.15, 0.2) is 54.6 Å². The monoisotopic (exact) mass is 326 g/mol. The quantitative estimate of drug-likeness (QED) is 0.634. The molecular weight excluding hydrogens is 312 g/mol. The minimum absolute atomic E-state index is 0.0407. The van der Waals surface area contributed by atoms with Gasteiger partial charge >= 0.3 is 0 Å². The fourth-order valence-corrected chi connectivity index (χ4v) is 3.56. The fourth-order valence-electron chi connectivity index (χ4n) is 3.15. The van der Waals surface area contributed by atoms with Crippen LogP contribution in [-0.4, -0.2) is 22.2 Å². The predicted octanol–water partition coefficient (Wildman–Crippen LogP) is 3.81. The van der Waals surface area contributed by atoms with Crippen LogP contribution in [0.1, 0.15) is 45.5 Å². The Bertz CT molecular complexity index is 760. The van der Waals surface area contributed by atoms with Crippen molar-refractivity contribution in [1.82, 2.24) is 0 Å². The Hall–Kier alpha value is -2.26. The third-order valence-corrected chi connectivity index (χ3v) is 4.86. The smallest absolute Gasteiger partial charge is 0.193 e. The maximum atomic E-state index is 12.9. The maximum Gasteiger partial charge on any atom is 0.193 e. The van der Waals surface area contributed by atoms with Gasteiger partial charge in [0.25, 0.3) is 0 Å². The van der Waals surface area contributed by atoms with Crippen LogP contribution in [0, 0.1) is 0 Å². The van der Waals surface area contributed by atoms with Crippen molar-refractivity contribution >= 4 is 29.0 Å². The van der Waals surface area contributed by atoms with Gasteiger partial charge in [0.05, 0.1) is 0 Å². The van der Waals surface area contributed by atoms with E-state index in [1.807, 2.05) is 6.07 Å². The van der Waals surface area contributed by atoms with Crippen LogP contribution in [0.3, 0.4) is 0 Å². The summed E-state index contributed by atoms with van der Waals surface area (Å²) in [5, 5.41) is 0. The van der Waals surface area contributed by atoms with Gasteiger partial charge in [-0.1, -0.05) is 54.6 Å². The lowest BCUT2D eigenvalue weighted by atomic mass is 9.79. The second kappa shape index (κ2) is 5.74. The Balaban J connectivity index is 2.15. The molecule has 1 atom stereocenters. The minimum atomic E-state index is -1.75. The molecule has 116 valence electrons. The van der Waals surface area contributed by atoms with E-state index in [1.54, 1.807) is 48.5 Å². The van der Waals surface area contributed by atoms with Crippen LogP contribution in [-0.2, 0) is 4.79 Å². The lowest BCUT2D eigenvalue weighted by Crippen LogP contribution is -2.42. The molecule has 0 fully saturated rings. The molecule has 0 aliphatic heterocycles. The minimum Gasteiger partial charge on any atom is -0.300 e. The first-order valence-corrected chi connectivity index (χ1v) is 7.76. The van der Waals surface area contributed by atoms with E-state index in [9.17, 15) is 14.4 Å². The van der Waals surface area contributed by atoms with E-state index in [0.29, 0.717) is 16.7 Å². The molecule has 0 unspecified atom stereocenters. The molecule has 0 radical (unpaired) electrons. The van der Waals surface area contributed by atoms with Crippen molar-refractivity contribution < 1.29 is 14.4 Å². The number of carbonyl (C=O) groups is 3. The second-order valence-electron chi connectivity index (χ2n) is 5.79. The van der Waals surface area contributed by atoms with E-state index >= 15 is 0 Å². The van der Waals surface area contributed by atoms with Gasteiger partial charge in [0.1, 0.15) is 5.78 Å². The SMILES string of the molecule is CC(=O)C[C@@H](c1ccccc1)C1(Cl)C(=O)c2ccccc2C1=O. The number of ketones is 3. The van der Waals surface area contributed by atoms with E-state index in [2.05, 4.69) is 0 Å². The highest BCUT2D eigenvalue weighted by Gasteiger charge is 2.57. The molecule has 3 nitrogen and oxygen atoms in total. The molecule has 23 heavy (non-hydrogen) atoms. The van der Waals surface area contributed by atoms with Gasteiger partial charge in [-0.05, 0) is 12.5 Å². The summed E-state index contributed by atoms with van der Waals surface area (Å²) in [6.45, 7) is 1.44. The average Bonchev–Trinajstić information content (AvgIpc) is 2.76. The van der Waals surface area contributed by atoms with Crippen LogP contribution < -0.4 is 0 Å². The van der Waals surface area contributed by atoms with Crippen molar-refractivity contribution in [2.24, 2.45) is 0 Å². The van der Waals surface area contributed by atoms with Crippen LogP contribution >= 0.6 is 11.6 Å². The van der Waals surface area contributed by atoms with Crippen LogP contribution in [0.2, 0.25) is 0 Å². The van der Waals surface area contributed by atoms with Crippen molar-refractivity contribution in [3.63, 3.8) is 0 Å². The summed E-state index contributed by atoms with van der Waals surface area (Å²) in [6.07, 6.45) is 0.0407. The molecule has 1 aliphatic carbocycles. The zero-order chi connectivity index (χ0) is 16.6. The fraction of sp³-hybridized carbons (Fsp3) is 0.211. The highest BCUT2D eigenvalue weighted by molar-refractivity contribution is 6.55. The summed E-state index contributed by atoms with van der Waals surface area (Å²) >= 11 is 6.63. The molecule has 0 bridgehead atoms. The average molecular weight is 327 g/mol. The molecule has 0 spiro atoms. The van der Waals surface area contributed by atoms with Gasteiger partial charge in [-0.3, -0.25) is 9.59 Å². The number of fused-ring (bicyclic) bond motifs is 1. The lowest BCUT2D eigenvalue weighted by Gasteiger charge is -2.28. The second-order valence-corrected chi connectivity index (χ2v) is 6.38. The zero-order valence-corrected chi connectivity index (χ0v) is 13.3. The molecule has 4 heteroatoms. The molecule has 2 aromatic rings.